The van der Waals surface area contributed by atoms with Crippen molar-refractivity contribution in [2.45, 2.75) is 32.9 Å². The molecular weight excluding hydrogens is 236 g/mol. The van der Waals surface area contributed by atoms with E-state index in [1.807, 2.05) is 24.3 Å². The number of carbonyl (C=O) groups excluding carboxylic acids is 1. The zero-order valence-corrected chi connectivity index (χ0v) is 11.1. The van der Waals surface area contributed by atoms with E-state index in [0.29, 0.717) is 30.6 Å². The Labute approximate surface area is 108 Å². The lowest BCUT2D eigenvalue weighted by Gasteiger charge is -2.08. The molecule has 1 aromatic carbocycles. The molecule has 0 bridgehead atoms. The van der Waals surface area contributed by atoms with Crippen molar-refractivity contribution in [1.82, 2.24) is 10.6 Å². The molecule has 2 N–H and O–H groups in total. The predicted molar refractivity (Wildman–Crippen MR) is 71.1 cm³/mol. The summed E-state index contributed by atoms with van der Waals surface area (Å²) in [5.74, 6) is 0.0538. The first-order valence-electron chi connectivity index (χ1n) is 5.82. The topological polar surface area (TPSA) is 41.1 Å². The number of halogens is 1. The average molecular weight is 255 g/mol. The van der Waals surface area contributed by atoms with E-state index in [-0.39, 0.29) is 5.91 Å². The Kier molecular flexibility index (Phi) is 6.01. The van der Waals surface area contributed by atoms with Crippen LogP contribution in [0.1, 0.15) is 25.8 Å². The Morgan fingerprint density at radius 3 is 2.82 bits per heavy atom. The van der Waals surface area contributed by atoms with Gasteiger partial charge < -0.3 is 10.6 Å². The van der Waals surface area contributed by atoms with Crippen molar-refractivity contribution in [1.29, 1.82) is 0 Å². The first-order valence-corrected chi connectivity index (χ1v) is 6.20. The van der Waals surface area contributed by atoms with Crippen LogP contribution in [0.5, 0.6) is 0 Å². The van der Waals surface area contributed by atoms with Crippen LogP contribution in [0.15, 0.2) is 24.3 Å². The molecule has 0 fully saturated rings. The molecule has 1 amide bonds. The highest BCUT2D eigenvalue weighted by Gasteiger charge is 2.02. The molecule has 0 spiro atoms. The van der Waals surface area contributed by atoms with Gasteiger partial charge in [-0.05, 0) is 17.7 Å². The summed E-state index contributed by atoms with van der Waals surface area (Å²) in [6, 6.07) is 7.91. The molecule has 0 aliphatic rings. The number of carbonyl (C=O) groups is 1. The van der Waals surface area contributed by atoms with Gasteiger partial charge in [-0.25, -0.2) is 0 Å². The lowest BCUT2D eigenvalue weighted by Crippen LogP contribution is -2.30. The summed E-state index contributed by atoms with van der Waals surface area (Å²) in [6.07, 6.45) is 0.499. The maximum Gasteiger partial charge on any atom is 0.221 e. The summed E-state index contributed by atoms with van der Waals surface area (Å²) in [7, 11) is 0. The summed E-state index contributed by atoms with van der Waals surface area (Å²) in [4.78, 5) is 11.5. The van der Waals surface area contributed by atoms with Crippen molar-refractivity contribution < 1.29 is 4.79 Å². The van der Waals surface area contributed by atoms with E-state index >= 15 is 0 Å². The van der Waals surface area contributed by atoms with Gasteiger partial charge in [0.2, 0.25) is 5.91 Å². The normalized spacial score (nSPS) is 10.6. The third-order valence-corrected chi connectivity index (χ3v) is 2.52. The fourth-order valence-corrected chi connectivity index (χ4v) is 1.62. The van der Waals surface area contributed by atoms with Gasteiger partial charge in [-0.1, -0.05) is 37.6 Å². The summed E-state index contributed by atoms with van der Waals surface area (Å²) in [5.41, 5.74) is 1.02. The molecule has 4 heteroatoms. The van der Waals surface area contributed by atoms with E-state index in [1.165, 1.54) is 0 Å². The highest BCUT2D eigenvalue weighted by Crippen LogP contribution is 2.10. The Morgan fingerprint density at radius 2 is 2.18 bits per heavy atom. The maximum absolute atomic E-state index is 11.5. The highest BCUT2D eigenvalue weighted by molar-refractivity contribution is 6.30. The van der Waals surface area contributed by atoms with Gasteiger partial charge in [0.25, 0.3) is 0 Å². The van der Waals surface area contributed by atoms with Crippen molar-refractivity contribution >= 4 is 17.5 Å². The number of hydrogen-bond acceptors (Lipinski definition) is 2. The van der Waals surface area contributed by atoms with Gasteiger partial charge >= 0.3 is 0 Å². The molecule has 0 saturated heterocycles. The monoisotopic (exact) mass is 254 g/mol. The van der Waals surface area contributed by atoms with Crippen molar-refractivity contribution in [3.63, 3.8) is 0 Å². The average Bonchev–Trinajstić information content (AvgIpc) is 2.26. The number of nitrogens with one attached hydrogen (secondary N) is 2. The van der Waals surface area contributed by atoms with Gasteiger partial charge in [0, 0.05) is 30.6 Å². The van der Waals surface area contributed by atoms with E-state index in [0.717, 1.165) is 5.56 Å². The smallest absolute Gasteiger partial charge is 0.221 e. The molecule has 0 atom stereocenters. The van der Waals surface area contributed by atoms with E-state index in [2.05, 4.69) is 24.5 Å². The molecule has 1 aromatic rings. The lowest BCUT2D eigenvalue weighted by molar-refractivity contribution is -0.121. The standard InChI is InChI=1S/C13H19ClN2O/c1-10(2)15-7-6-13(17)16-9-11-4-3-5-12(14)8-11/h3-5,8,10,15H,6-7,9H2,1-2H3,(H,16,17). The third-order valence-electron chi connectivity index (χ3n) is 2.28. The molecule has 0 aliphatic heterocycles. The minimum Gasteiger partial charge on any atom is -0.352 e. The SMILES string of the molecule is CC(C)NCCC(=O)NCc1cccc(Cl)c1. The van der Waals surface area contributed by atoms with Crippen molar-refractivity contribution in [2.75, 3.05) is 6.54 Å². The second-order valence-electron chi connectivity index (χ2n) is 4.27. The Bertz CT molecular complexity index is 366. The number of amides is 1. The highest BCUT2D eigenvalue weighted by atomic mass is 35.5. The number of benzene rings is 1. The molecule has 94 valence electrons. The molecule has 0 heterocycles. The summed E-state index contributed by atoms with van der Waals surface area (Å²) in [5, 5.41) is 6.76. The predicted octanol–water partition coefficient (Wildman–Crippen LogP) is 2.34. The van der Waals surface area contributed by atoms with Crippen molar-refractivity contribution in [3.05, 3.63) is 34.9 Å². The lowest BCUT2D eigenvalue weighted by atomic mass is 10.2. The van der Waals surface area contributed by atoms with E-state index in [4.69, 9.17) is 11.6 Å². The summed E-state index contributed by atoms with van der Waals surface area (Å²) >= 11 is 5.86. The molecule has 0 aromatic heterocycles. The van der Waals surface area contributed by atoms with Gasteiger partial charge in [-0.2, -0.15) is 0 Å². The molecular formula is C13H19ClN2O. The Balaban J connectivity index is 2.24. The molecule has 0 saturated carbocycles. The molecule has 3 nitrogen and oxygen atoms in total. The van der Waals surface area contributed by atoms with Gasteiger partial charge in [0.05, 0.1) is 0 Å². The van der Waals surface area contributed by atoms with Crippen LogP contribution in [0.25, 0.3) is 0 Å². The van der Waals surface area contributed by atoms with Crippen LogP contribution in [0, 0.1) is 0 Å². The Hall–Kier alpha value is -1.06. The van der Waals surface area contributed by atoms with Gasteiger partial charge in [-0.3, -0.25) is 4.79 Å². The maximum atomic E-state index is 11.5. The molecule has 1 rings (SSSR count). The van der Waals surface area contributed by atoms with E-state index in [9.17, 15) is 4.79 Å². The summed E-state index contributed by atoms with van der Waals surface area (Å²) in [6.45, 7) is 5.36. The molecule has 17 heavy (non-hydrogen) atoms. The van der Waals surface area contributed by atoms with Crippen LogP contribution >= 0.6 is 11.6 Å². The van der Waals surface area contributed by atoms with Gasteiger partial charge in [0.15, 0.2) is 0 Å². The fraction of sp³-hybridized carbons (Fsp3) is 0.462. The molecule has 0 radical (unpaired) electrons. The first-order chi connectivity index (χ1) is 8.08. The minimum atomic E-state index is 0.0538. The van der Waals surface area contributed by atoms with E-state index in [1.54, 1.807) is 0 Å². The zero-order chi connectivity index (χ0) is 12.7. The Morgan fingerprint density at radius 1 is 1.41 bits per heavy atom. The van der Waals surface area contributed by atoms with Crippen molar-refractivity contribution in [3.8, 4) is 0 Å². The fourth-order valence-electron chi connectivity index (χ4n) is 1.41. The van der Waals surface area contributed by atoms with Crippen LogP contribution in [0.3, 0.4) is 0 Å². The second kappa shape index (κ2) is 7.30. The number of rotatable bonds is 6. The van der Waals surface area contributed by atoms with E-state index < -0.39 is 0 Å². The third kappa shape index (κ3) is 6.29. The quantitative estimate of drug-likeness (QED) is 0.818. The molecule has 0 unspecified atom stereocenters. The van der Waals surface area contributed by atoms with Gasteiger partial charge in [-0.15, -0.1) is 0 Å². The minimum absolute atomic E-state index is 0.0538. The van der Waals surface area contributed by atoms with Crippen LogP contribution in [0.4, 0.5) is 0 Å². The number of hydrogen-bond donors (Lipinski definition) is 2. The zero-order valence-electron chi connectivity index (χ0n) is 10.3. The molecule has 0 aliphatic carbocycles. The van der Waals surface area contributed by atoms with Crippen LogP contribution in [-0.2, 0) is 11.3 Å². The van der Waals surface area contributed by atoms with Crippen molar-refractivity contribution in [2.24, 2.45) is 0 Å². The van der Waals surface area contributed by atoms with Gasteiger partial charge in [0.1, 0.15) is 0 Å². The van der Waals surface area contributed by atoms with Crippen LogP contribution < -0.4 is 10.6 Å². The van der Waals surface area contributed by atoms with Crippen LogP contribution in [-0.4, -0.2) is 18.5 Å². The largest absolute Gasteiger partial charge is 0.352 e. The summed E-state index contributed by atoms with van der Waals surface area (Å²) < 4.78 is 0. The first kappa shape index (κ1) is 14.0. The van der Waals surface area contributed by atoms with Crippen LogP contribution in [0.2, 0.25) is 5.02 Å². The second-order valence-corrected chi connectivity index (χ2v) is 4.70.